The summed E-state index contributed by atoms with van der Waals surface area (Å²) < 4.78 is 42.2. The predicted molar refractivity (Wildman–Crippen MR) is 95.0 cm³/mol. The van der Waals surface area contributed by atoms with Gasteiger partial charge in [-0.2, -0.15) is 0 Å². The SMILES string of the molecule is COc1cc(OC)c(OC)cc1CNC(=O)CSc1ccc(F)cc1F. The van der Waals surface area contributed by atoms with Crippen LogP contribution in [0.4, 0.5) is 8.78 Å². The molecular weight excluding hydrogens is 364 g/mol. The van der Waals surface area contributed by atoms with E-state index in [2.05, 4.69) is 5.32 Å². The van der Waals surface area contributed by atoms with Crippen molar-refractivity contribution >= 4 is 17.7 Å². The van der Waals surface area contributed by atoms with Gasteiger partial charge in [-0.1, -0.05) is 0 Å². The molecule has 0 spiro atoms. The Morgan fingerprint density at radius 2 is 1.65 bits per heavy atom. The lowest BCUT2D eigenvalue weighted by molar-refractivity contribution is -0.118. The van der Waals surface area contributed by atoms with Crippen molar-refractivity contribution < 1.29 is 27.8 Å². The number of halogens is 2. The first-order valence-corrected chi connectivity index (χ1v) is 8.60. The summed E-state index contributed by atoms with van der Waals surface area (Å²) in [6, 6.07) is 6.63. The van der Waals surface area contributed by atoms with E-state index in [0.717, 1.165) is 23.9 Å². The first-order chi connectivity index (χ1) is 12.5. The minimum atomic E-state index is -0.690. The summed E-state index contributed by atoms with van der Waals surface area (Å²) >= 11 is 0.993. The zero-order valence-corrected chi connectivity index (χ0v) is 15.4. The second kappa shape index (κ2) is 9.28. The van der Waals surface area contributed by atoms with Gasteiger partial charge in [0.25, 0.3) is 0 Å². The molecule has 0 aliphatic rings. The fourth-order valence-corrected chi connectivity index (χ4v) is 2.96. The lowest BCUT2D eigenvalue weighted by Gasteiger charge is -2.14. The number of nitrogens with one attached hydrogen (secondary N) is 1. The van der Waals surface area contributed by atoms with Crippen molar-refractivity contribution in [3.8, 4) is 17.2 Å². The molecule has 0 unspecified atom stereocenters. The Kier molecular flexibility index (Phi) is 7.08. The van der Waals surface area contributed by atoms with Gasteiger partial charge >= 0.3 is 0 Å². The summed E-state index contributed by atoms with van der Waals surface area (Å²) in [7, 11) is 4.55. The number of methoxy groups -OCH3 is 3. The van der Waals surface area contributed by atoms with Crippen LogP contribution in [0, 0.1) is 11.6 Å². The molecule has 0 fully saturated rings. The van der Waals surface area contributed by atoms with Crippen molar-refractivity contribution in [1.29, 1.82) is 0 Å². The van der Waals surface area contributed by atoms with E-state index in [4.69, 9.17) is 14.2 Å². The highest BCUT2D eigenvalue weighted by Gasteiger charge is 2.13. The number of benzene rings is 2. The fraction of sp³-hybridized carbons (Fsp3) is 0.278. The summed E-state index contributed by atoms with van der Waals surface area (Å²) in [5.41, 5.74) is 0.705. The molecule has 2 aromatic carbocycles. The zero-order chi connectivity index (χ0) is 19.1. The van der Waals surface area contributed by atoms with Gasteiger partial charge in [0.1, 0.15) is 17.4 Å². The van der Waals surface area contributed by atoms with Gasteiger partial charge in [-0.05, 0) is 18.2 Å². The van der Waals surface area contributed by atoms with Gasteiger partial charge < -0.3 is 19.5 Å². The molecule has 2 aromatic rings. The average Bonchev–Trinajstić information content (AvgIpc) is 2.64. The van der Waals surface area contributed by atoms with E-state index in [1.54, 1.807) is 12.1 Å². The normalized spacial score (nSPS) is 10.3. The Balaban J connectivity index is 1.98. The molecule has 5 nitrogen and oxygen atoms in total. The monoisotopic (exact) mass is 383 g/mol. The lowest BCUT2D eigenvalue weighted by atomic mass is 10.1. The van der Waals surface area contributed by atoms with Gasteiger partial charge in [-0.3, -0.25) is 4.79 Å². The Bertz CT molecular complexity index is 786. The molecule has 140 valence electrons. The van der Waals surface area contributed by atoms with Crippen molar-refractivity contribution in [2.24, 2.45) is 0 Å². The van der Waals surface area contributed by atoms with E-state index >= 15 is 0 Å². The van der Waals surface area contributed by atoms with E-state index < -0.39 is 11.6 Å². The summed E-state index contributed by atoms with van der Waals surface area (Å²) in [5.74, 6) is -0.0722. The second-order valence-electron chi connectivity index (χ2n) is 5.16. The number of hydrogen-bond acceptors (Lipinski definition) is 5. The van der Waals surface area contributed by atoms with Crippen LogP contribution in [0.2, 0.25) is 0 Å². The maximum atomic E-state index is 13.6. The number of carbonyl (C=O) groups excluding carboxylic acids is 1. The van der Waals surface area contributed by atoms with Crippen LogP contribution in [-0.2, 0) is 11.3 Å². The third-order valence-electron chi connectivity index (χ3n) is 3.52. The summed E-state index contributed by atoms with van der Waals surface area (Å²) in [6.45, 7) is 0.203. The molecule has 1 amide bonds. The third kappa shape index (κ3) is 5.01. The maximum Gasteiger partial charge on any atom is 0.230 e. The van der Waals surface area contributed by atoms with Gasteiger partial charge in [-0.15, -0.1) is 11.8 Å². The van der Waals surface area contributed by atoms with Gasteiger partial charge in [0, 0.05) is 29.1 Å². The zero-order valence-electron chi connectivity index (χ0n) is 14.6. The van der Waals surface area contributed by atoms with Crippen LogP contribution in [0.25, 0.3) is 0 Å². The molecule has 8 heteroatoms. The Hall–Kier alpha value is -2.48. The van der Waals surface area contributed by atoms with E-state index in [1.807, 2.05) is 0 Å². The Morgan fingerprint density at radius 3 is 2.27 bits per heavy atom. The van der Waals surface area contributed by atoms with Crippen LogP contribution in [0.15, 0.2) is 35.2 Å². The second-order valence-corrected chi connectivity index (χ2v) is 6.18. The molecule has 0 aliphatic carbocycles. The minimum Gasteiger partial charge on any atom is -0.496 e. The number of thioether (sulfide) groups is 1. The van der Waals surface area contributed by atoms with Crippen molar-refractivity contribution in [2.75, 3.05) is 27.1 Å². The van der Waals surface area contributed by atoms with Gasteiger partial charge in [-0.25, -0.2) is 8.78 Å². The molecule has 0 atom stereocenters. The predicted octanol–water partition coefficient (Wildman–Crippen LogP) is 3.40. The molecule has 0 radical (unpaired) electrons. The van der Waals surface area contributed by atoms with Crippen molar-refractivity contribution in [3.63, 3.8) is 0 Å². The van der Waals surface area contributed by atoms with E-state index in [-0.39, 0.29) is 23.1 Å². The Labute approximate surface area is 154 Å². The highest BCUT2D eigenvalue weighted by molar-refractivity contribution is 8.00. The summed E-state index contributed by atoms with van der Waals surface area (Å²) in [4.78, 5) is 12.2. The maximum absolute atomic E-state index is 13.6. The molecule has 0 aromatic heterocycles. The molecule has 0 bridgehead atoms. The van der Waals surface area contributed by atoms with E-state index in [0.29, 0.717) is 22.8 Å². The van der Waals surface area contributed by atoms with Crippen LogP contribution in [0.3, 0.4) is 0 Å². The van der Waals surface area contributed by atoms with Crippen LogP contribution >= 0.6 is 11.8 Å². The molecule has 0 saturated carbocycles. The van der Waals surface area contributed by atoms with Crippen LogP contribution in [0.1, 0.15) is 5.56 Å². The van der Waals surface area contributed by atoms with Crippen LogP contribution in [0.5, 0.6) is 17.2 Å². The molecule has 26 heavy (non-hydrogen) atoms. The fourth-order valence-electron chi connectivity index (χ4n) is 2.21. The molecular formula is C18H19F2NO4S. The Morgan fingerprint density at radius 1 is 1.00 bits per heavy atom. The van der Waals surface area contributed by atoms with E-state index in [1.165, 1.54) is 27.4 Å². The minimum absolute atomic E-state index is 0.00183. The summed E-state index contributed by atoms with van der Waals surface area (Å²) in [6.07, 6.45) is 0. The molecule has 0 saturated heterocycles. The van der Waals surface area contributed by atoms with Crippen molar-refractivity contribution in [3.05, 3.63) is 47.5 Å². The highest BCUT2D eigenvalue weighted by Crippen LogP contribution is 2.34. The number of carbonyl (C=O) groups is 1. The highest BCUT2D eigenvalue weighted by atomic mass is 32.2. The van der Waals surface area contributed by atoms with Crippen LogP contribution in [-0.4, -0.2) is 33.0 Å². The first kappa shape index (κ1) is 19.8. The standard InChI is InChI=1S/C18H19F2NO4S/c1-23-14-8-16(25-3)15(24-2)6-11(14)9-21-18(22)10-26-17-5-4-12(19)7-13(17)20/h4-8H,9-10H2,1-3H3,(H,21,22). The molecule has 1 N–H and O–H groups in total. The van der Waals surface area contributed by atoms with Crippen LogP contribution < -0.4 is 19.5 Å². The quantitative estimate of drug-likeness (QED) is 0.708. The molecule has 0 aliphatic heterocycles. The topological polar surface area (TPSA) is 56.8 Å². The number of hydrogen-bond donors (Lipinski definition) is 1. The van der Waals surface area contributed by atoms with Gasteiger partial charge in [0.15, 0.2) is 11.5 Å². The molecule has 0 heterocycles. The first-order valence-electron chi connectivity index (χ1n) is 7.62. The number of ether oxygens (including phenoxy) is 3. The number of rotatable bonds is 8. The smallest absolute Gasteiger partial charge is 0.230 e. The van der Waals surface area contributed by atoms with Gasteiger partial charge in [0.05, 0.1) is 27.1 Å². The average molecular weight is 383 g/mol. The van der Waals surface area contributed by atoms with E-state index in [9.17, 15) is 13.6 Å². The van der Waals surface area contributed by atoms with Gasteiger partial charge in [0.2, 0.25) is 5.91 Å². The lowest BCUT2D eigenvalue weighted by Crippen LogP contribution is -2.24. The third-order valence-corrected chi connectivity index (χ3v) is 4.56. The van der Waals surface area contributed by atoms with Crippen molar-refractivity contribution in [2.45, 2.75) is 11.4 Å². The largest absolute Gasteiger partial charge is 0.496 e. The molecule has 2 rings (SSSR count). The number of amides is 1. The van der Waals surface area contributed by atoms with Crippen molar-refractivity contribution in [1.82, 2.24) is 5.32 Å². The summed E-state index contributed by atoms with van der Waals surface area (Å²) in [5, 5.41) is 2.73.